The van der Waals surface area contributed by atoms with E-state index < -0.39 is 15.9 Å². The largest absolute Gasteiger partial charge is 0.383 e. The van der Waals surface area contributed by atoms with Crippen molar-refractivity contribution in [3.63, 3.8) is 0 Å². The Morgan fingerprint density at radius 2 is 2.00 bits per heavy atom. The Labute approximate surface area is 209 Å². The fourth-order valence-corrected chi connectivity index (χ4v) is 6.08. The number of nitrogens with zero attached hydrogens (tertiary/aromatic N) is 3. The zero-order chi connectivity index (χ0) is 25.7. The molecule has 1 aliphatic rings. The highest BCUT2D eigenvalue weighted by Gasteiger charge is 2.39. The number of pyridine rings is 2. The van der Waals surface area contributed by atoms with Gasteiger partial charge < -0.3 is 15.6 Å². The minimum Gasteiger partial charge on any atom is -0.383 e. The van der Waals surface area contributed by atoms with E-state index in [0.717, 1.165) is 22.9 Å². The number of carbonyl (C=O) groups is 1. The van der Waals surface area contributed by atoms with Gasteiger partial charge in [-0.15, -0.1) is 0 Å². The summed E-state index contributed by atoms with van der Waals surface area (Å²) < 4.78 is 28.0. The van der Waals surface area contributed by atoms with E-state index in [-0.39, 0.29) is 21.8 Å². The number of carbonyl (C=O) groups excluding carboxylic acids is 1. The molecular weight excluding hydrogens is 476 g/mol. The van der Waals surface area contributed by atoms with Gasteiger partial charge in [0.15, 0.2) is 0 Å². The predicted octanol–water partition coefficient (Wildman–Crippen LogP) is 3.95. The lowest BCUT2D eigenvalue weighted by atomic mass is 9.97. The van der Waals surface area contributed by atoms with Gasteiger partial charge >= 0.3 is 0 Å². The average molecular weight is 505 g/mol. The van der Waals surface area contributed by atoms with Gasteiger partial charge in [-0.2, -0.15) is 0 Å². The molecule has 0 bridgehead atoms. The van der Waals surface area contributed by atoms with Gasteiger partial charge in [-0.3, -0.25) is 4.79 Å². The Bertz CT molecular complexity index is 1580. The summed E-state index contributed by atoms with van der Waals surface area (Å²) in [5.74, 6) is -0.121. The van der Waals surface area contributed by atoms with Crippen molar-refractivity contribution >= 4 is 38.5 Å². The second-order valence-electron chi connectivity index (χ2n) is 9.90. The Balaban J connectivity index is 1.58. The Hall–Kier alpha value is -3.92. The zero-order valence-corrected chi connectivity index (χ0v) is 21.1. The fourth-order valence-electron chi connectivity index (χ4n) is 5.03. The predicted molar refractivity (Wildman–Crippen MR) is 140 cm³/mol. The van der Waals surface area contributed by atoms with E-state index in [4.69, 9.17) is 10.7 Å². The van der Waals surface area contributed by atoms with E-state index in [0.29, 0.717) is 24.0 Å². The molecule has 1 amide bonds. The summed E-state index contributed by atoms with van der Waals surface area (Å²) in [4.78, 5) is 27.1. The fraction of sp³-hybridized carbons (Fsp3) is 0.269. The third-order valence-corrected chi connectivity index (χ3v) is 7.99. The summed E-state index contributed by atoms with van der Waals surface area (Å²) in [5.41, 5.74) is 8.27. The van der Waals surface area contributed by atoms with E-state index in [1.165, 1.54) is 18.3 Å². The van der Waals surface area contributed by atoms with E-state index in [1.54, 1.807) is 12.1 Å². The van der Waals surface area contributed by atoms with Crippen LogP contribution in [0, 0.1) is 5.92 Å². The average Bonchev–Trinajstić information content (AvgIpc) is 3.40. The zero-order valence-electron chi connectivity index (χ0n) is 20.3. The van der Waals surface area contributed by atoms with Gasteiger partial charge in [0.05, 0.1) is 11.3 Å². The van der Waals surface area contributed by atoms with Crippen molar-refractivity contribution in [1.29, 1.82) is 0 Å². The molecule has 0 saturated carbocycles. The van der Waals surface area contributed by atoms with Crippen LogP contribution in [0.4, 0.5) is 11.6 Å². The van der Waals surface area contributed by atoms with Crippen LogP contribution in [0.5, 0.6) is 0 Å². The van der Waals surface area contributed by atoms with Crippen LogP contribution in [0.25, 0.3) is 22.2 Å². The van der Waals surface area contributed by atoms with Crippen molar-refractivity contribution in [2.45, 2.75) is 37.6 Å². The third-order valence-electron chi connectivity index (χ3n) is 6.61. The highest BCUT2D eigenvalue weighted by Crippen LogP contribution is 2.38. The maximum Gasteiger partial charge on any atom is 0.268 e. The number of nitrogens with one attached hydrogen (secondary N) is 2. The normalized spacial score (nSPS) is 17.4. The third kappa shape index (κ3) is 4.28. The number of aromatic nitrogens is 3. The van der Waals surface area contributed by atoms with Gasteiger partial charge in [0, 0.05) is 40.9 Å². The number of hydrogen-bond acceptors (Lipinski definition) is 7. The van der Waals surface area contributed by atoms with Gasteiger partial charge in [-0.1, -0.05) is 13.0 Å². The van der Waals surface area contributed by atoms with E-state index in [2.05, 4.69) is 40.4 Å². The first-order valence-corrected chi connectivity index (χ1v) is 13.2. The van der Waals surface area contributed by atoms with Gasteiger partial charge in [0.25, 0.3) is 15.9 Å². The van der Waals surface area contributed by atoms with Crippen LogP contribution >= 0.6 is 0 Å². The molecule has 9 nitrogen and oxygen atoms in total. The first-order chi connectivity index (χ1) is 17.0. The molecule has 1 atom stereocenters. The molecule has 5 rings (SSSR count). The molecule has 1 fully saturated rings. The number of benzene rings is 1. The number of sulfonamides is 1. The summed E-state index contributed by atoms with van der Waals surface area (Å²) in [6, 6.07) is 14.1. The van der Waals surface area contributed by atoms with Gasteiger partial charge in [0.2, 0.25) is 0 Å². The lowest BCUT2D eigenvalue weighted by Gasteiger charge is -2.34. The number of anilines is 2. The number of fused-ring (bicyclic) bond motifs is 1. The molecule has 3 aromatic heterocycles. The molecule has 0 radical (unpaired) electrons. The Kier molecular flexibility index (Phi) is 5.71. The Morgan fingerprint density at radius 1 is 1.19 bits per heavy atom. The van der Waals surface area contributed by atoms with Crippen LogP contribution in [0.3, 0.4) is 0 Å². The van der Waals surface area contributed by atoms with Crippen LogP contribution in [0.1, 0.15) is 37.6 Å². The van der Waals surface area contributed by atoms with E-state index >= 15 is 0 Å². The Morgan fingerprint density at radius 3 is 2.72 bits per heavy atom. The summed E-state index contributed by atoms with van der Waals surface area (Å²) in [5, 5.41) is 1.05. The molecule has 0 unspecified atom stereocenters. The molecule has 1 aromatic carbocycles. The number of nitrogens with two attached hydrogens (primary N) is 1. The first kappa shape index (κ1) is 23.8. The topological polar surface area (TPSA) is 134 Å². The molecule has 1 aliphatic heterocycles. The van der Waals surface area contributed by atoms with Crippen molar-refractivity contribution in [3.8, 4) is 11.3 Å². The summed E-state index contributed by atoms with van der Waals surface area (Å²) in [6.07, 6.45) is 4.18. The minimum absolute atomic E-state index is 0.176. The smallest absolute Gasteiger partial charge is 0.268 e. The number of rotatable bonds is 5. The van der Waals surface area contributed by atoms with E-state index in [9.17, 15) is 13.2 Å². The molecular formula is C26H28N6O3S. The van der Waals surface area contributed by atoms with Crippen LogP contribution in [0.15, 0.2) is 65.8 Å². The number of nitrogen functional groups attached to an aromatic ring is 1. The standard InChI is InChI=1S/C26H28N6O3S/c1-16-14-26(2,3)32(15-16)24-19(25(33)31-36(34,35)22-5-4-11-29-23(22)27)7-9-21(30-24)17-6-8-20-18(13-17)10-12-28-20/h4-13,16,28H,14-15H2,1-3H3,(H2,27,29)(H,31,33)/t16-/m0/s1. The van der Waals surface area contributed by atoms with Crippen molar-refractivity contribution < 1.29 is 13.2 Å². The van der Waals surface area contributed by atoms with E-state index in [1.807, 2.05) is 30.5 Å². The van der Waals surface area contributed by atoms with Crippen molar-refractivity contribution in [2.24, 2.45) is 5.92 Å². The quantitative estimate of drug-likeness (QED) is 0.375. The first-order valence-electron chi connectivity index (χ1n) is 11.7. The number of H-pyrrole nitrogens is 1. The molecule has 36 heavy (non-hydrogen) atoms. The molecule has 0 spiro atoms. The maximum atomic E-state index is 13.4. The molecule has 10 heteroatoms. The number of aromatic amines is 1. The molecule has 4 N–H and O–H groups in total. The highest BCUT2D eigenvalue weighted by atomic mass is 32.2. The van der Waals surface area contributed by atoms with Gasteiger partial charge in [0.1, 0.15) is 16.5 Å². The van der Waals surface area contributed by atoms with Crippen LogP contribution in [-0.4, -0.2) is 41.4 Å². The monoisotopic (exact) mass is 504 g/mol. The van der Waals surface area contributed by atoms with Crippen molar-refractivity contribution in [2.75, 3.05) is 17.2 Å². The lowest BCUT2D eigenvalue weighted by Crippen LogP contribution is -2.41. The molecule has 1 saturated heterocycles. The second kappa shape index (κ2) is 8.63. The van der Waals surface area contributed by atoms with Crippen molar-refractivity contribution in [3.05, 3.63) is 66.5 Å². The van der Waals surface area contributed by atoms with Crippen LogP contribution in [0.2, 0.25) is 0 Å². The van der Waals surface area contributed by atoms with Gasteiger partial charge in [-0.25, -0.2) is 23.1 Å². The number of hydrogen-bond donors (Lipinski definition) is 3. The summed E-state index contributed by atoms with van der Waals surface area (Å²) in [6.45, 7) is 7.06. The highest BCUT2D eigenvalue weighted by molar-refractivity contribution is 7.90. The molecule has 0 aliphatic carbocycles. The molecule has 186 valence electrons. The molecule has 4 aromatic rings. The summed E-state index contributed by atoms with van der Waals surface area (Å²) >= 11 is 0. The van der Waals surface area contributed by atoms with Crippen molar-refractivity contribution in [1.82, 2.24) is 19.7 Å². The van der Waals surface area contributed by atoms with Crippen LogP contribution in [-0.2, 0) is 10.0 Å². The lowest BCUT2D eigenvalue weighted by molar-refractivity contribution is 0.0981. The van der Waals surface area contributed by atoms with Crippen LogP contribution < -0.4 is 15.4 Å². The molecule has 4 heterocycles. The van der Waals surface area contributed by atoms with Gasteiger partial charge in [-0.05, 0) is 68.7 Å². The maximum absolute atomic E-state index is 13.4. The minimum atomic E-state index is -4.24. The SMILES string of the molecule is C[C@@H]1CN(c2nc(-c3ccc4[nH]ccc4c3)ccc2C(=O)NS(=O)(=O)c2cccnc2N)C(C)(C)C1. The second-order valence-corrected chi connectivity index (χ2v) is 11.6. The number of amides is 1. The summed E-state index contributed by atoms with van der Waals surface area (Å²) in [7, 11) is -4.24.